The van der Waals surface area contributed by atoms with Crippen molar-refractivity contribution in [1.82, 2.24) is 9.80 Å². The number of hydrogen-bond donors (Lipinski definition) is 1. The molecule has 1 N–H and O–H groups in total. The summed E-state index contributed by atoms with van der Waals surface area (Å²) < 4.78 is 10.9. The predicted molar refractivity (Wildman–Crippen MR) is 107 cm³/mol. The van der Waals surface area contributed by atoms with Gasteiger partial charge in [-0.25, -0.2) is 0 Å². The average Bonchev–Trinajstić information content (AvgIpc) is 3.27. The van der Waals surface area contributed by atoms with Crippen molar-refractivity contribution in [2.75, 3.05) is 38.3 Å². The lowest BCUT2D eigenvalue weighted by Gasteiger charge is -2.34. The van der Waals surface area contributed by atoms with E-state index in [1.807, 2.05) is 31.3 Å². The Labute approximate surface area is 164 Å². The van der Waals surface area contributed by atoms with Gasteiger partial charge < -0.3 is 19.7 Å². The fourth-order valence-electron chi connectivity index (χ4n) is 3.97. The molecule has 1 fully saturated rings. The highest BCUT2D eigenvalue weighted by molar-refractivity contribution is 6.31. The molecule has 3 aliphatic heterocycles. The molecule has 3 aliphatic rings. The summed E-state index contributed by atoms with van der Waals surface area (Å²) in [6, 6.07) is 12.3. The highest BCUT2D eigenvalue weighted by Crippen LogP contribution is 2.34. The molecule has 2 aromatic carbocycles. The molecule has 28 heavy (non-hydrogen) atoms. The smallest absolute Gasteiger partial charge is 0.257 e. The van der Waals surface area contributed by atoms with Crippen molar-refractivity contribution in [3.8, 4) is 11.5 Å². The first-order valence-electron chi connectivity index (χ1n) is 9.65. The first-order chi connectivity index (χ1) is 13.7. The SMILES string of the molecule is Cc1ccc2c(c1)NC(=O)/C2=C/N1CCN(Cc2ccc3c(c2)OCO3)CC1. The third kappa shape index (κ3) is 3.20. The maximum absolute atomic E-state index is 12.4. The van der Waals surface area contributed by atoms with Crippen molar-refractivity contribution in [3.05, 3.63) is 59.3 Å². The van der Waals surface area contributed by atoms with Crippen molar-refractivity contribution >= 4 is 17.2 Å². The standard InChI is InChI=1S/C22H23N3O3/c1-15-2-4-17-18(22(26)23-19(17)10-15)13-25-8-6-24(7-9-25)12-16-3-5-20-21(11-16)28-14-27-20/h2-5,10-11,13H,6-9,12,14H2,1H3,(H,23,26)/b18-13+. The normalized spacial score (nSPS) is 19.8. The Morgan fingerprint density at radius 3 is 2.71 bits per heavy atom. The number of aryl methyl sites for hydroxylation is 1. The molecule has 6 heteroatoms. The maximum Gasteiger partial charge on any atom is 0.257 e. The van der Waals surface area contributed by atoms with E-state index < -0.39 is 0 Å². The molecule has 144 valence electrons. The van der Waals surface area contributed by atoms with E-state index in [0.29, 0.717) is 6.79 Å². The van der Waals surface area contributed by atoms with E-state index in [1.165, 1.54) is 5.56 Å². The van der Waals surface area contributed by atoms with Gasteiger partial charge in [0.1, 0.15) is 0 Å². The van der Waals surface area contributed by atoms with Crippen LogP contribution in [0.2, 0.25) is 0 Å². The Morgan fingerprint density at radius 2 is 1.86 bits per heavy atom. The molecule has 5 rings (SSSR count). The number of benzene rings is 2. The second kappa shape index (κ2) is 6.87. The molecular formula is C22H23N3O3. The third-order valence-corrected chi connectivity index (χ3v) is 5.52. The van der Waals surface area contributed by atoms with Gasteiger partial charge in [0, 0.05) is 50.2 Å². The number of fused-ring (bicyclic) bond motifs is 2. The molecule has 0 saturated carbocycles. The highest BCUT2D eigenvalue weighted by atomic mass is 16.7. The largest absolute Gasteiger partial charge is 0.454 e. The number of hydrogen-bond acceptors (Lipinski definition) is 5. The number of amides is 1. The highest BCUT2D eigenvalue weighted by Gasteiger charge is 2.26. The van der Waals surface area contributed by atoms with E-state index >= 15 is 0 Å². The average molecular weight is 377 g/mol. The van der Waals surface area contributed by atoms with Crippen LogP contribution in [0.1, 0.15) is 16.7 Å². The van der Waals surface area contributed by atoms with Crippen LogP contribution in [0.4, 0.5) is 5.69 Å². The summed E-state index contributed by atoms with van der Waals surface area (Å²) in [6.45, 7) is 6.96. The summed E-state index contributed by atoms with van der Waals surface area (Å²) in [5.74, 6) is 1.65. The third-order valence-electron chi connectivity index (χ3n) is 5.52. The minimum absolute atomic E-state index is 0.0108. The number of anilines is 1. The summed E-state index contributed by atoms with van der Waals surface area (Å²) in [6.07, 6.45) is 2.02. The van der Waals surface area contributed by atoms with Crippen molar-refractivity contribution in [3.63, 3.8) is 0 Å². The minimum atomic E-state index is -0.0108. The van der Waals surface area contributed by atoms with Crippen LogP contribution >= 0.6 is 0 Å². The molecule has 6 nitrogen and oxygen atoms in total. The molecule has 1 saturated heterocycles. The van der Waals surface area contributed by atoms with Gasteiger partial charge in [0.15, 0.2) is 11.5 Å². The van der Waals surface area contributed by atoms with Crippen LogP contribution in [0, 0.1) is 6.92 Å². The van der Waals surface area contributed by atoms with Crippen molar-refractivity contribution < 1.29 is 14.3 Å². The van der Waals surface area contributed by atoms with Crippen molar-refractivity contribution in [2.24, 2.45) is 0 Å². The van der Waals surface area contributed by atoms with E-state index in [2.05, 4.69) is 33.3 Å². The van der Waals surface area contributed by atoms with Gasteiger partial charge in [-0.3, -0.25) is 9.69 Å². The zero-order valence-corrected chi connectivity index (χ0v) is 15.9. The Morgan fingerprint density at radius 1 is 1.04 bits per heavy atom. The first kappa shape index (κ1) is 17.1. The Hall–Kier alpha value is -2.99. The lowest BCUT2D eigenvalue weighted by Crippen LogP contribution is -2.43. The number of carbonyl (C=O) groups excluding carboxylic acids is 1. The molecule has 0 radical (unpaired) electrons. The van der Waals surface area contributed by atoms with E-state index in [4.69, 9.17) is 9.47 Å². The number of carbonyl (C=O) groups is 1. The van der Waals surface area contributed by atoms with Gasteiger partial charge >= 0.3 is 0 Å². The van der Waals surface area contributed by atoms with Gasteiger partial charge in [0.05, 0.1) is 5.57 Å². The van der Waals surface area contributed by atoms with Gasteiger partial charge in [-0.2, -0.15) is 0 Å². The van der Waals surface area contributed by atoms with E-state index in [1.54, 1.807) is 0 Å². The predicted octanol–water partition coefficient (Wildman–Crippen LogP) is 2.83. The fourth-order valence-corrected chi connectivity index (χ4v) is 3.97. The van der Waals surface area contributed by atoms with Gasteiger partial charge in [-0.1, -0.05) is 18.2 Å². The summed E-state index contributed by atoms with van der Waals surface area (Å²) in [7, 11) is 0. The van der Waals surface area contributed by atoms with Gasteiger partial charge in [-0.05, 0) is 36.2 Å². The molecule has 0 atom stereocenters. The van der Waals surface area contributed by atoms with Crippen LogP contribution in [-0.4, -0.2) is 48.7 Å². The molecule has 2 aromatic rings. The number of ether oxygens (including phenoxy) is 2. The van der Waals surface area contributed by atoms with Gasteiger partial charge in [0.25, 0.3) is 5.91 Å². The Balaban J connectivity index is 1.23. The summed E-state index contributed by atoms with van der Waals surface area (Å²) in [5.41, 5.74) is 5.06. The number of piperazine rings is 1. The molecule has 0 unspecified atom stereocenters. The lowest BCUT2D eigenvalue weighted by atomic mass is 10.1. The molecule has 1 amide bonds. The Bertz CT molecular complexity index is 961. The van der Waals surface area contributed by atoms with Crippen LogP contribution in [0.3, 0.4) is 0 Å². The van der Waals surface area contributed by atoms with E-state index in [0.717, 1.165) is 66.6 Å². The molecule has 3 heterocycles. The van der Waals surface area contributed by atoms with Gasteiger partial charge in [-0.15, -0.1) is 0 Å². The molecule has 0 spiro atoms. The number of rotatable bonds is 3. The molecule has 0 aliphatic carbocycles. The maximum atomic E-state index is 12.4. The molecule has 0 aromatic heterocycles. The molecule has 0 bridgehead atoms. The first-order valence-corrected chi connectivity index (χ1v) is 9.65. The number of nitrogens with zero attached hydrogens (tertiary/aromatic N) is 2. The Kier molecular flexibility index (Phi) is 4.20. The van der Waals surface area contributed by atoms with E-state index in [-0.39, 0.29) is 5.91 Å². The quantitative estimate of drug-likeness (QED) is 0.834. The summed E-state index contributed by atoms with van der Waals surface area (Å²) in [4.78, 5) is 17.1. The topological polar surface area (TPSA) is 54.0 Å². The summed E-state index contributed by atoms with van der Waals surface area (Å²) in [5, 5.41) is 2.97. The van der Waals surface area contributed by atoms with Crippen LogP contribution < -0.4 is 14.8 Å². The second-order valence-corrected chi connectivity index (χ2v) is 7.55. The van der Waals surface area contributed by atoms with Crippen molar-refractivity contribution in [2.45, 2.75) is 13.5 Å². The van der Waals surface area contributed by atoms with Crippen molar-refractivity contribution in [1.29, 1.82) is 0 Å². The zero-order chi connectivity index (χ0) is 19.1. The lowest BCUT2D eigenvalue weighted by molar-refractivity contribution is -0.110. The number of nitrogens with one attached hydrogen (secondary N) is 1. The van der Waals surface area contributed by atoms with Crippen LogP contribution in [0.25, 0.3) is 5.57 Å². The zero-order valence-electron chi connectivity index (χ0n) is 15.9. The molecular weight excluding hydrogens is 354 g/mol. The van der Waals surface area contributed by atoms with Crippen LogP contribution in [0.15, 0.2) is 42.6 Å². The fraction of sp³-hybridized carbons (Fsp3) is 0.318. The van der Waals surface area contributed by atoms with E-state index in [9.17, 15) is 4.79 Å². The van der Waals surface area contributed by atoms with Gasteiger partial charge in [0.2, 0.25) is 6.79 Å². The van der Waals surface area contributed by atoms with Crippen LogP contribution in [-0.2, 0) is 11.3 Å². The summed E-state index contributed by atoms with van der Waals surface area (Å²) >= 11 is 0. The monoisotopic (exact) mass is 377 g/mol. The minimum Gasteiger partial charge on any atom is -0.454 e. The second-order valence-electron chi connectivity index (χ2n) is 7.55. The van der Waals surface area contributed by atoms with Crippen LogP contribution in [0.5, 0.6) is 11.5 Å².